The van der Waals surface area contributed by atoms with Gasteiger partial charge in [-0.1, -0.05) is 6.07 Å². The molecule has 1 unspecified atom stereocenters. The maximum absolute atomic E-state index is 5.78. The molecule has 0 saturated carbocycles. The number of hydrogen-bond acceptors (Lipinski definition) is 4. The van der Waals surface area contributed by atoms with Gasteiger partial charge in [0.1, 0.15) is 0 Å². The molecular formula is C13H18N4O. The summed E-state index contributed by atoms with van der Waals surface area (Å²) in [6.45, 7) is 1.06. The van der Waals surface area contributed by atoms with Crippen LogP contribution in [-0.2, 0) is 18.2 Å². The van der Waals surface area contributed by atoms with Gasteiger partial charge in [0, 0.05) is 43.7 Å². The van der Waals surface area contributed by atoms with Gasteiger partial charge in [0.05, 0.1) is 18.9 Å². The highest BCUT2D eigenvalue weighted by molar-refractivity contribution is 5.09. The van der Waals surface area contributed by atoms with E-state index in [2.05, 4.69) is 10.1 Å². The summed E-state index contributed by atoms with van der Waals surface area (Å²) in [6.07, 6.45) is 6.20. The number of aryl methyl sites for hydroxylation is 1. The standard InChI is InChI=1S/C13H18N4O/c1-17-10-11(9-16-17)13(8-14)18-7-5-12-4-2-3-6-15-12/h2-4,6,9-10,13H,5,7-8,14H2,1H3. The van der Waals surface area contributed by atoms with Crippen molar-refractivity contribution in [2.24, 2.45) is 12.8 Å². The van der Waals surface area contributed by atoms with Gasteiger partial charge in [0.25, 0.3) is 0 Å². The van der Waals surface area contributed by atoms with Crippen molar-refractivity contribution < 1.29 is 4.74 Å². The molecule has 0 fully saturated rings. The first kappa shape index (κ1) is 12.7. The van der Waals surface area contributed by atoms with Crippen LogP contribution in [0.1, 0.15) is 17.4 Å². The molecule has 18 heavy (non-hydrogen) atoms. The minimum atomic E-state index is -0.0950. The summed E-state index contributed by atoms with van der Waals surface area (Å²) in [5.41, 5.74) is 7.76. The Morgan fingerprint density at radius 1 is 1.44 bits per heavy atom. The maximum Gasteiger partial charge on any atom is 0.0977 e. The van der Waals surface area contributed by atoms with Crippen molar-refractivity contribution >= 4 is 0 Å². The van der Waals surface area contributed by atoms with Gasteiger partial charge in [-0.2, -0.15) is 5.10 Å². The van der Waals surface area contributed by atoms with Gasteiger partial charge in [0.15, 0.2) is 0 Å². The summed E-state index contributed by atoms with van der Waals surface area (Å²) in [5.74, 6) is 0. The van der Waals surface area contributed by atoms with Crippen molar-refractivity contribution in [1.29, 1.82) is 0 Å². The summed E-state index contributed by atoms with van der Waals surface area (Å²) in [4.78, 5) is 4.25. The highest BCUT2D eigenvalue weighted by Crippen LogP contribution is 2.15. The van der Waals surface area contributed by atoms with Gasteiger partial charge < -0.3 is 10.5 Å². The zero-order chi connectivity index (χ0) is 12.8. The smallest absolute Gasteiger partial charge is 0.0977 e. The Hall–Kier alpha value is -1.72. The van der Waals surface area contributed by atoms with E-state index in [-0.39, 0.29) is 6.10 Å². The highest BCUT2D eigenvalue weighted by Gasteiger charge is 2.11. The van der Waals surface area contributed by atoms with Crippen LogP contribution in [0.2, 0.25) is 0 Å². The fraction of sp³-hybridized carbons (Fsp3) is 0.385. The topological polar surface area (TPSA) is 66.0 Å². The van der Waals surface area contributed by atoms with Crippen LogP contribution in [0.5, 0.6) is 0 Å². The van der Waals surface area contributed by atoms with E-state index < -0.39 is 0 Å². The second kappa shape index (κ2) is 6.28. The van der Waals surface area contributed by atoms with Crippen molar-refractivity contribution in [3.63, 3.8) is 0 Å². The Balaban J connectivity index is 1.85. The Morgan fingerprint density at radius 3 is 2.94 bits per heavy atom. The molecular weight excluding hydrogens is 228 g/mol. The summed E-state index contributed by atoms with van der Waals surface area (Å²) in [7, 11) is 1.88. The fourth-order valence-electron chi connectivity index (χ4n) is 1.76. The third-order valence-electron chi connectivity index (χ3n) is 2.71. The second-order valence-corrected chi connectivity index (χ2v) is 4.11. The zero-order valence-corrected chi connectivity index (χ0v) is 10.5. The van der Waals surface area contributed by atoms with Crippen molar-refractivity contribution in [3.05, 3.63) is 48.0 Å². The molecule has 0 aromatic carbocycles. The first-order chi connectivity index (χ1) is 8.79. The zero-order valence-electron chi connectivity index (χ0n) is 10.5. The van der Waals surface area contributed by atoms with Crippen molar-refractivity contribution in [2.45, 2.75) is 12.5 Å². The lowest BCUT2D eigenvalue weighted by Gasteiger charge is -2.14. The van der Waals surface area contributed by atoms with Crippen LogP contribution < -0.4 is 5.73 Å². The van der Waals surface area contributed by atoms with Gasteiger partial charge in [-0.05, 0) is 12.1 Å². The van der Waals surface area contributed by atoms with Crippen LogP contribution in [0, 0.1) is 0 Å². The number of pyridine rings is 1. The first-order valence-corrected chi connectivity index (χ1v) is 5.99. The summed E-state index contributed by atoms with van der Waals surface area (Å²) in [6, 6.07) is 5.87. The third kappa shape index (κ3) is 3.38. The van der Waals surface area contributed by atoms with Crippen LogP contribution in [0.3, 0.4) is 0 Å². The molecule has 0 saturated heterocycles. The second-order valence-electron chi connectivity index (χ2n) is 4.11. The molecule has 2 N–H and O–H groups in total. The highest BCUT2D eigenvalue weighted by atomic mass is 16.5. The molecule has 0 amide bonds. The Kier molecular flexibility index (Phi) is 4.44. The molecule has 0 spiro atoms. The van der Waals surface area contributed by atoms with Gasteiger partial charge >= 0.3 is 0 Å². The van der Waals surface area contributed by atoms with Crippen LogP contribution in [0.4, 0.5) is 0 Å². The number of ether oxygens (including phenoxy) is 1. The molecule has 5 nitrogen and oxygen atoms in total. The molecule has 2 heterocycles. The Morgan fingerprint density at radius 2 is 2.33 bits per heavy atom. The molecule has 0 aliphatic heterocycles. The van der Waals surface area contributed by atoms with Crippen molar-refractivity contribution in [1.82, 2.24) is 14.8 Å². The summed E-state index contributed by atoms with van der Waals surface area (Å²) in [5, 5.41) is 4.12. The van der Waals surface area contributed by atoms with E-state index in [1.54, 1.807) is 17.1 Å². The van der Waals surface area contributed by atoms with E-state index in [9.17, 15) is 0 Å². The fourth-order valence-corrected chi connectivity index (χ4v) is 1.76. The third-order valence-corrected chi connectivity index (χ3v) is 2.71. The lowest BCUT2D eigenvalue weighted by Crippen LogP contribution is -2.17. The summed E-state index contributed by atoms with van der Waals surface area (Å²) < 4.78 is 7.53. The molecule has 96 valence electrons. The minimum absolute atomic E-state index is 0.0950. The quantitative estimate of drug-likeness (QED) is 0.828. The van der Waals surface area contributed by atoms with E-state index in [1.165, 1.54) is 0 Å². The molecule has 2 rings (SSSR count). The molecule has 5 heteroatoms. The molecule has 2 aromatic rings. The average Bonchev–Trinajstić information content (AvgIpc) is 2.82. The lowest BCUT2D eigenvalue weighted by molar-refractivity contribution is 0.0604. The number of nitrogens with zero attached hydrogens (tertiary/aromatic N) is 3. The number of aromatic nitrogens is 3. The minimum Gasteiger partial charge on any atom is -0.372 e. The summed E-state index contributed by atoms with van der Waals surface area (Å²) >= 11 is 0. The molecule has 0 aliphatic rings. The maximum atomic E-state index is 5.78. The lowest BCUT2D eigenvalue weighted by atomic mass is 10.2. The molecule has 1 atom stereocenters. The first-order valence-electron chi connectivity index (χ1n) is 5.99. The SMILES string of the molecule is Cn1cc(C(CN)OCCc2ccccn2)cn1. The van der Waals surface area contributed by atoms with E-state index in [4.69, 9.17) is 10.5 Å². The van der Waals surface area contributed by atoms with Crippen LogP contribution in [0.15, 0.2) is 36.8 Å². The Bertz CT molecular complexity index is 469. The van der Waals surface area contributed by atoms with E-state index >= 15 is 0 Å². The Labute approximate surface area is 107 Å². The van der Waals surface area contributed by atoms with Gasteiger partial charge in [-0.15, -0.1) is 0 Å². The monoisotopic (exact) mass is 246 g/mol. The van der Waals surface area contributed by atoms with Crippen LogP contribution >= 0.6 is 0 Å². The van der Waals surface area contributed by atoms with E-state index in [1.807, 2.05) is 31.4 Å². The van der Waals surface area contributed by atoms with Gasteiger partial charge in [-0.25, -0.2) is 0 Å². The van der Waals surface area contributed by atoms with Gasteiger partial charge in [0.2, 0.25) is 0 Å². The predicted molar refractivity (Wildman–Crippen MR) is 68.9 cm³/mol. The predicted octanol–water partition coefficient (Wildman–Crippen LogP) is 1.07. The van der Waals surface area contributed by atoms with Crippen LogP contribution in [-0.4, -0.2) is 27.9 Å². The number of nitrogens with two attached hydrogens (primary N) is 1. The number of rotatable bonds is 6. The molecule has 0 bridgehead atoms. The molecule has 0 radical (unpaired) electrons. The van der Waals surface area contributed by atoms with Crippen molar-refractivity contribution in [3.8, 4) is 0 Å². The normalized spacial score (nSPS) is 12.6. The average molecular weight is 246 g/mol. The van der Waals surface area contributed by atoms with E-state index in [0.29, 0.717) is 13.2 Å². The van der Waals surface area contributed by atoms with Crippen LogP contribution in [0.25, 0.3) is 0 Å². The largest absolute Gasteiger partial charge is 0.372 e. The molecule has 2 aromatic heterocycles. The van der Waals surface area contributed by atoms with Crippen molar-refractivity contribution in [2.75, 3.05) is 13.2 Å². The van der Waals surface area contributed by atoms with Gasteiger partial charge in [-0.3, -0.25) is 9.67 Å². The van der Waals surface area contributed by atoms with E-state index in [0.717, 1.165) is 17.7 Å². The molecule has 0 aliphatic carbocycles. The number of hydrogen-bond donors (Lipinski definition) is 1.